The van der Waals surface area contributed by atoms with Gasteiger partial charge in [-0.25, -0.2) is 15.2 Å². The maximum Gasteiger partial charge on any atom is 0.324 e. The lowest BCUT2D eigenvalue weighted by molar-refractivity contribution is -0.155. The largest absolute Gasteiger partial charge is 0.464 e. The number of amides is 4. The molecule has 16 nitrogen and oxygen atoms in total. The van der Waals surface area contributed by atoms with Crippen molar-refractivity contribution in [3.8, 4) is 22.5 Å². The van der Waals surface area contributed by atoms with Crippen molar-refractivity contribution in [2.24, 2.45) is 11.3 Å². The second-order valence-electron chi connectivity index (χ2n) is 19.2. The number of likely N-dealkylation sites (tertiary alicyclic amines) is 1. The zero-order valence-electron chi connectivity index (χ0n) is 39.3. The van der Waals surface area contributed by atoms with Gasteiger partial charge in [-0.15, -0.1) is 11.3 Å². The highest BCUT2D eigenvalue weighted by Crippen LogP contribution is 2.42. The first-order valence-electron chi connectivity index (χ1n) is 23.0. The Morgan fingerprint density at radius 1 is 1.14 bits per heavy atom. The third-order valence-electron chi connectivity index (χ3n) is 13.6. The third kappa shape index (κ3) is 9.40. The first kappa shape index (κ1) is 46.6. The van der Waals surface area contributed by atoms with Crippen LogP contribution in [-0.4, -0.2) is 149 Å². The number of hydrazine groups is 1. The molecule has 65 heavy (non-hydrogen) atoms. The van der Waals surface area contributed by atoms with Crippen molar-refractivity contribution in [3.63, 3.8) is 0 Å². The van der Waals surface area contributed by atoms with E-state index in [0.29, 0.717) is 57.1 Å². The van der Waals surface area contributed by atoms with Crippen molar-refractivity contribution in [2.75, 3.05) is 60.6 Å². The maximum absolute atomic E-state index is 14.7. The fourth-order valence-corrected chi connectivity index (χ4v) is 11.0. The molecule has 8 rings (SSSR count). The highest BCUT2D eigenvalue weighted by molar-refractivity contribution is 7.10. The van der Waals surface area contributed by atoms with E-state index in [1.807, 2.05) is 39.3 Å². The number of fused-ring (bicyclic) bond motifs is 7. The summed E-state index contributed by atoms with van der Waals surface area (Å²) < 4.78 is 20.3. The fraction of sp³-hybridized carbons (Fsp3) is 0.583. The van der Waals surface area contributed by atoms with E-state index < -0.39 is 41.3 Å². The smallest absolute Gasteiger partial charge is 0.324 e. The number of urea groups is 1. The van der Waals surface area contributed by atoms with Crippen LogP contribution in [0.3, 0.4) is 0 Å². The molecule has 3 fully saturated rings. The number of hydrogen-bond donors (Lipinski definition) is 2. The molecule has 4 aliphatic rings. The van der Waals surface area contributed by atoms with Gasteiger partial charge in [0.05, 0.1) is 60.1 Å². The molecule has 0 unspecified atom stereocenters. The van der Waals surface area contributed by atoms with Gasteiger partial charge >= 0.3 is 12.0 Å². The Labute approximate surface area is 385 Å². The number of pyridine rings is 1. The third-order valence-corrected chi connectivity index (χ3v) is 14.5. The summed E-state index contributed by atoms with van der Waals surface area (Å²) >= 11 is 1.43. The average molecular weight is 912 g/mol. The molecule has 3 aromatic heterocycles. The number of aryl methyl sites for hydroxylation is 1. The standard InChI is InChI=1S/C48H65N9O7S/c1-10-56-37-16-15-30-21-32(37)33(43(56)31-13-11-17-49-41(31)29(4)62-9)23-48(5,6)27-64-46(60)34-14-12-18-57(52-34)45(59)35(22-40-50-36(30)26-65-40)51-44(58)42(28(2)3)54(8)47(61)55-24-38-39(25-55)63-20-19-53(38)7/h11,13,15-17,21,26,28-29,34-35,38-39,42,52H,10,12,14,18-20,22-25,27H2,1-9H3,(H,51,58)/t29-,34-,35-,38-,39-,42-/m0/s1. The van der Waals surface area contributed by atoms with E-state index in [-0.39, 0.29) is 43.2 Å². The molecule has 6 atom stereocenters. The minimum Gasteiger partial charge on any atom is -0.464 e. The van der Waals surface area contributed by atoms with Gasteiger partial charge in [0.1, 0.15) is 18.1 Å². The Hall–Kier alpha value is -4.94. The van der Waals surface area contributed by atoms with E-state index in [1.54, 1.807) is 25.3 Å². The number of carbonyl (C=O) groups excluding carboxylic acids is 4. The zero-order chi connectivity index (χ0) is 46.3. The number of nitrogens with one attached hydrogen (secondary N) is 2. The molecular formula is C48H65N9O7S. The van der Waals surface area contributed by atoms with Crippen LogP contribution in [0.1, 0.15) is 76.8 Å². The molecule has 4 aliphatic heterocycles. The summed E-state index contributed by atoms with van der Waals surface area (Å²) in [7, 11) is 5.39. The van der Waals surface area contributed by atoms with Crippen molar-refractivity contribution < 1.29 is 33.4 Å². The van der Waals surface area contributed by atoms with Gasteiger partial charge in [-0.3, -0.25) is 29.3 Å². The average Bonchev–Trinajstić information content (AvgIpc) is 4.03. The topological polar surface area (TPSA) is 164 Å². The van der Waals surface area contributed by atoms with E-state index in [0.717, 1.165) is 51.2 Å². The molecule has 7 heterocycles. The molecule has 6 bridgehead atoms. The lowest BCUT2D eigenvalue weighted by Crippen LogP contribution is -2.62. The highest BCUT2D eigenvalue weighted by atomic mass is 32.1. The maximum atomic E-state index is 14.7. The number of thiazole rings is 1. The molecule has 0 aliphatic carbocycles. The van der Waals surface area contributed by atoms with Crippen molar-refractivity contribution >= 4 is 46.1 Å². The summed E-state index contributed by atoms with van der Waals surface area (Å²) in [5, 5.41) is 8.22. The van der Waals surface area contributed by atoms with Gasteiger partial charge in [-0.05, 0) is 75.9 Å². The predicted molar refractivity (Wildman–Crippen MR) is 249 cm³/mol. The van der Waals surface area contributed by atoms with Crippen molar-refractivity contribution in [1.82, 2.24) is 45.0 Å². The summed E-state index contributed by atoms with van der Waals surface area (Å²) in [5.41, 5.74) is 9.38. The molecule has 3 saturated heterocycles. The van der Waals surface area contributed by atoms with Crippen molar-refractivity contribution in [2.45, 2.75) is 110 Å². The van der Waals surface area contributed by atoms with Gasteiger partial charge < -0.3 is 33.9 Å². The summed E-state index contributed by atoms with van der Waals surface area (Å²) in [6.45, 7) is 15.7. The Morgan fingerprint density at radius 2 is 1.94 bits per heavy atom. The Morgan fingerprint density at radius 3 is 2.68 bits per heavy atom. The number of benzene rings is 1. The highest BCUT2D eigenvalue weighted by Gasteiger charge is 2.44. The molecule has 0 saturated carbocycles. The van der Waals surface area contributed by atoms with Crippen LogP contribution in [0.15, 0.2) is 41.9 Å². The number of esters is 1. The number of methoxy groups -OCH3 is 1. The predicted octanol–water partition coefficient (Wildman–Crippen LogP) is 5.29. The number of cyclic esters (lactones) is 1. The Kier molecular flexibility index (Phi) is 13.7. The Bertz CT molecular complexity index is 2420. The summed E-state index contributed by atoms with van der Waals surface area (Å²) in [6, 6.07) is 7.59. The molecule has 4 aromatic rings. The number of aromatic nitrogens is 3. The first-order valence-corrected chi connectivity index (χ1v) is 23.9. The SMILES string of the molecule is CCn1c(-c2cccnc2[C@H](C)OC)c2c3cc(ccc31)-c1csc(n1)C[C@H](NC(=O)[C@H](C(C)C)N(C)C(=O)N1C[C@@H]3OCCN(C)[C@H]3C1)C(=O)N1CCC[C@H](N1)C(=O)OCC(C)(C)C2. The van der Waals surface area contributed by atoms with E-state index in [4.69, 9.17) is 24.2 Å². The van der Waals surface area contributed by atoms with Gasteiger partial charge in [0.25, 0.3) is 5.91 Å². The number of hydrogen-bond acceptors (Lipinski definition) is 12. The quantitative estimate of drug-likeness (QED) is 0.221. The van der Waals surface area contributed by atoms with Gasteiger partial charge in [-0.2, -0.15) is 0 Å². The molecule has 4 amide bonds. The summed E-state index contributed by atoms with van der Waals surface area (Å²) in [5.74, 6) is -1.56. The molecule has 17 heteroatoms. The van der Waals surface area contributed by atoms with Crippen LogP contribution >= 0.6 is 11.3 Å². The monoisotopic (exact) mass is 911 g/mol. The number of morpholine rings is 1. The number of rotatable bonds is 8. The number of nitrogens with zero attached hydrogens (tertiary/aromatic N) is 7. The number of likely N-dealkylation sites (N-methyl/N-ethyl adjacent to an activating group) is 2. The number of ether oxygens (including phenoxy) is 3. The van der Waals surface area contributed by atoms with Gasteiger partial charge in [-0.1, -0.05) is 33.8 Å². The molecular weight excluding hydrogens is 847 g/mol. The van der Waals surface area contributed by atoms with Crippen molar-refractivity contribution in [1.29, 1.82) is 0 Å². The summed E-state index contributed by atoms with van der Waals surface area (Å²) in [4.78, 5) is 72.5. The fourth-order valence-electron chi connectivity index (χ4n) is 10.1. The molecule has 350 valence electrons. The molecule has 0 spiro atoms. The van der Waals surface area contributed by atoms with E-state index in [2.05, 4.69) is 65.2 Å². The van der Waals surface area contributed by atoms with Crippen LogP contribution in [0.25, 0.3) is 33.4 Å². The minimum atomic E-state index is -1.05. The van der Waals surface area contributed by atoms with E-state index in [1.165, 1.54) is 21.2 Å². The second kappa shape index (κ2) is 19.1. The van der Waals surface area contributed by atoms with Gasteiger partial charge in [0.15, 0.2) is 0 Å². The van der Waals surface area contributed by atoms with Crippen LogP contribution < -0.4 is 10.7 Å². The zero-order valence-corrected chi connectivity index (χ0v) is 40.1. The Balaban J connectivity index is 1.15. The van der Waals surface area contributed by atoms with Gasteiger partial charge in [0.2, 0.25) is 5.91 Å². The van der Waals surface area contributed by atoms with E-state index in [9.17, 15) is 19.2 Å². The minimum absolute atomic E-state index is 0.0843. The normalized spacial score (nSPS) is 23.8. The van der Waals surface area contributed by atoms with Crippen molar-refractivity contribution in [3.05, 3.63) is 58.2 Å². The van der Waals surface area contributed by atoms with E-state index >= 15 is 0 Å². The molecule has 2 N–H and O–H groups in total. The van der Waals surface area contributed by atoms with Crippen LogP contribution in [0.5, 0.6) is 0 Å². The van der Waals surface area contributed by atoms with Crippen LogP contribution in [-0.2, 0) is 48.0 Å². The van der Waals surface area contributed by atoms with Crippen LogP contribution in [0.4, 0.5) is 4.79 Å². The van der Waals surface area contributed by atoms with Crippen LogP contribution in [0.2, 0.25) is 0 Å². The summed E-state index contributed by atoms with van der Waals surface area (Å²) in [6.07, 6.45) is 3.19. The lowest BCUT2D eigenvalue weighted by Gasteiger charge is -2.37. The van der Waals surface area contributed by atoms with Crippen LogP contribution in [0, 0.1) is 11.3 Å². The molecule has 0 radical (unpaired) electrons. The lowest BCUT2D eigenvalue weighted by atomic mass is 9.84. The first-order chi connectivity index (χ1) is 31.1. The second-order valence-corrected chi connectivity index (χ2v) is 20.2. The van der Waals surface area contributed by atoms with Gasteiger partial charge in [0, 0.05) is 85.8 Å². The molecule has 1 aromatic carbocycles. The number of carbonyl (C=O) groups is 4.